The number of benzene rings is 2. The fraction of sp³-hybridized carbons (Fsp3) is 0.333. The standard InChI is InChI=1S/C21H24ClN3O2/c1-21(12-11-16-7-4-3-5-8-16)19(26)25(20(27)23-21)15-24(2)14-17-9-6-10-18(22)13-17/h3-10,13H,11-12,14-15H2,1-2H3,(H,23,27)/p+1/t21-/m0/s1. The summed E-state index contributed by atoms with van der Waals surface area (Å²) < 4.78 is 0. The van der Waals surface area contributed by atoms with Gasteiger partial charge >= 0.3 is 6.03 Å². The van der Waals surface area contributed by atoms with E-state index in [0.717, 1.165) is 22.4 Å². The predicted octanol–water partition coefficient (Wildman–Crippen LogP) is 2.26. The number of urea groups is 1. The molecule has 142 valence electrons. The number of imide groups is 1. The highest BCUT2D eigenvalue weighted by Gasteiger charge is 2.48. The number of rotatable bonds is 7. The Morgan fingerprint density at radius 2 is 1.78 bits per heavy atom. The zero-order chi connectivity index (χ0) is 19.4. The van der Waals surface area contributed by atoms with Gasteiger partial charge in [0, 0.05) is 10.6 Å². The first-order valence-corrected chi connectivity index (χ1v) is 9.49. The fourth-order valence-electron chi connectivity index (χ4n) is 3.42. The van der Waals surface area contributed by atoms with E-state index in [1.54, 1.807) is 0 Å². The van der Waals surface area contributed by atoms with Gasteiger partial charge in [0.05, 0.1) is 7.05 Å². The molecule has 1 saturated heterocycles. The van der Waals surface area contributed by atoms with Crippen molar-refractivity contribution < 1.29 is 14.5 Å². The van der Waals surface area contributed by atoms with Crippen LogP contribution in [0, 0.1) is 0 Å². The van der Waals surface area contributed by atoms with E-state index >= 15 is 0 Å². The zero-order valence-corrected chi connectivity index (χ0v) is 16.4. The maximum absolute atomic E-state index is 12.9. The molecule has 0 radical (unpaired) electrons. The van der Waals surface area contributed by atoms with Gasteiger partial charge in [-0.3, -0.25) is 4.79 Å². The molecular weight excluding hydrogens is 362 g/mol. The normalized spacial score (nSPS) is 20.6. The highest BCUT2D eigenvalue weighted by molar-refractivity contribution is 6.30. The SMILES string of the molecule is C[NH+](Cc1cccc(Cl)c1)CN1C(=O)N[C@@](C)(CCc2ccccc2)C1=O. The van der Waals surface area contributed by atoms with Crippen molar-refractivity contribution in [3.05, 3.63) is 70.7 Å². The average Bonchev–Trinajstić information content (AvgIpc) is 2.84. The Hall–Kier alpha value is -2.37. The molecule has 2 aromatic rings. The first kappa shape index (κ1) is 19.4. The molecule has 0 saturated carbocycles. The van der Waals surface area contributed by atoms with E-state index in [0.29, 0.717) is 24.7 Å². The number of amides is 3. The van der Waals surface area contributed by atoms with Gasteiger partial charge in [0.25, 0.3) is 5.91 Å². The summed E-state index contributed by atoms with van der Waals surface area (Å²) in [5, 5.41) is 3.57. The summed E-state index contributed by atoms with van der Waals surface area (Å²) in [5.74, 6) is -0.158. The summed E-state index contributed by atoms with van der Waals surface area (Å²) in [6, 6.07) is 17.3. The molecule has 0 aromatic heterocycles. The van der Waals surface area contributed by atoms with E-state index < -0.39 is 5.54 Å². The molecule has 0 spiro atoms. The number of carbonyl (C=O) groups excluding carboxylic acids is 2. The second-order valence-corrected chi connectivity index (χ2v) is 7.84. The van der Waals surface area contributed by atoms with Crippen LogP contribution in [0.2, 0.25) is 5.02 Å². The molecule has 5 nitrogen and oxygen atoms in total. The molecule has 1 aliphatic rings. The van der Waals surface area contributed by atoms with Crippen LogP contribution in [0.1, 0.15) is 24.5 Å². The molecule has 2 aromatic carbocycles. The van der Waals surface area contributed by atoms with Crippen molar-refractivity contribution in [2.75, 3.05) is 13.7 Å². The van der Waals surface area contributed by atoms with Gasteiger partial charge in [-0.25, -0.2) is 9.69 Å². The molecule has 0 aliphatic carbocycles. The molecule has 0 bridgehead atoms. The summed E-state index contributed by atoms with van der Waals surface area (Å²) in [5.41, 5.74) is 1.37. The van der Waals surface area contributed by atoms with Crippen molar-refractivity contribution in [2.45, 2.75) is 31.8 Å². The quantitative estimate of drug-likeness (QED) is 0.717. The minimum atomic E-state index is -0.858. The van der Waals surface area contributed by atoms with Crippen LogP contribution in [0.25, 0.3) is 0 Å². The lowest BCUT2D eigenvalue weighted by atomic mass is 9.93. The second kappa shape index (κ2) is 8.11. The van der Waals surface area contributed by atoms with Crippen molar-refractivity contribution >= 4 is 23.5 Å². The van der Waals surface area contributed by atoms with E-state index in [1.807, 2.05) is 68.6 Å². The lowest BCUT2D eigenvalue weighted by Crippen LogP contribution is -3.09. The maximum Gasteiger partial charge on any atom is 0.329 e. The van der Waals surface area contributed by atoms with E-state index in [9.17, 15) is 9.59 Å². The van der Waals surface area contributed by atoms with Crippen molar-refractivity contribution in [3.8, 4) is 0 Å². The van der Waals surface area contributed by atoms with Crippen LogP contribution in [0.5, 0.6) is 0 Å². The fourth-order valence-corrected chi connectivity index (χ4v) is 3.63. The number of halogens is 1. The van der Waals surface area contributed by atoms with E-state index in [-0.39, 0.29) is 11.9 Å². The molecule has 1 heterocycles. The van der Waals surface area contributed by atoms with Crippen LogP contribution in [-0.2, 0) is 17.8 Å². The van der Waals surface area contributed by atoms with Gasteiger partial charge in [-0.2, -0.15) is 0 Å². The maximum atomic E-state index is 12.9. The number of quaternary nitrogens is 1. The molecule has 1 aliphatic heterocycles. The van der Waals surface area contributed by atoms with E-state index in [1.165, 1.54) is 4.90 Å². The van der Waals surface area contributed by atoms with Crippen molar-refractivity contribution in [3.63, 3.8) is 0 Å². The topological polar surface area (TPSA) is 53.9 Å². The molecule has 3 rings (SSSR count). The lowest BCUT2D eigenvalue weighted by Gasteiger charge is -2.23. The molecule has 27 heavy (non-hydrogen) atoms. The third-order valence-electron chi connectivity index (χ3n) is 4.92. The number of hydrogen-bond donors (Lipinski definition) is 2. The third kappa shape index (κ3) is 4.67. The van der Waals surface area contributed by atoms with Crippen molar-refractivity contribution in [1.29, 1.82) is 0 Å². The van der Waals surface area contributed by atoms with Gasteiger partial charge in [-0.15, -0.1) is 0 Å². The largest absolute Gasteiger partial charge is 0.329 e. The minimum Gasteiger partial charge on any atom is -0.323 e. The second-order valence-electron chi connectivity index (χ2n) is 7.40. The molecule has 2 atom stereocenters. The van der Waals surface area contributed by atoms with Gasteiger partial charge in [0.15, 0.2) is 6.67 Å². The monoisotopic (exact) mass is 386 g/mol. The van der Waals surface area contributed by atoms with Crippen LogP contribution in [0.3, 0.4) is 0 Å². The Kier molecular flexibility index (Phi) is 5.82. The average molecular weight is 387 g/mol. The first-order chi connectivity index (χ1) is 12.9. The smallest absolute Gasteiger partial charge is 0.323 e. The van der Waals surface area contributed by atoms with E-state index in [2.05, 4.69) is 5.32 Å². The Bertz CT molecular complexity index is 827. The van der Waals surface area contributed by atoms with Crippen LogP contribution < -0.4 is 10.2 Å². The van der Waals surface area contributed by atoms with Gasteiger partial charge < -0.3 is 10.2 Å². The lowest BCUT2D eigenvalue weighted by molar-refractivity contribution is -0.901. The first-order valence-electron chi connectivity index (χ1n) is 9.11. The number of carbonyl (C=O) groups is 2. The number of hydrogen-bond acceptors (Lipinski definition) is 2. The van der Waals surface area contributed by atoms with E-state index in [4.69, 9.17) is 11.6 Å². The summed E-state index contributed by atoms with van der Waals surface area (Å²) in [6.07, 6.45) is 1.31. The zero-order valence-electron chi connectivity index (χ0n) is 15.7. The Labute approximate surface area is 164 Å². The summed E-state index contributed by atoms with van der Waals surface area (Å²) in [6.45, 7) is 2.80. The minimum absolute atomic E-state index is 0.158. The van der Waals surface area contributed by atoms with Crippen LogP contribution >= 0.6 is 11.6 Å². The number of nitrogens with one attached hydrogen (secondary N) is 2. The van der Waals surface area contributed by atoms with Gasteiger partial charge in [0.1, 0.15) is 12.1 Å². The third-order valence-corrected chi connectivity index (χ3v) is 5.16. The van der Waals surface area contributed by atoms with Crippen LogP contribution in [-0.4, -0.2) is 36.1 Å². The molecule has 6 heteroatoms. The highest BCUT2D eigenvalue weighted by Crippen LogP contribution is 2.22. The summed E-state index contributed by atoms with van der Waals surface area (Å²) >= 11 is 6.03. The van der Waals surface area contributed by atoms with Crippen LogP contribution in [0.15, 0.2) is 54.6 Å². The molecule has 1 unspecified atom stereocenters. The Morgan fingerprint density at radius 3 is 2.48 bits per heavy atom. The Morgan fingerprint density at radius 1 is 1.07 bits per heavy atom. The predicted molar refractivity (Wildman–Crippen MR) is 105 cm³/mol. The molecular formula is C21H25ClN3O2+. The Balaban J connectivity index is 1.61. The summed E-state index contributed by atoms with van der Waals surface area (Å²) in [4.78, 5) is 27.7. The molecule has 1 fully saturated rings. The number of nitrogens with zero attached hydrogens (tertiary/aromatic N) is 1. The highest BCUT2D eigenvalue weighted by atomic mass is 35.5. The van der Waals surface area contributed by atoms with Gasteiger partial charge in [0.2, 0.25) is 0 Å². The number of aryl methyl sites for hydroxylation is 1. The summed E-state index contributed by atoms with van der Waals surface area (Å²) in [7, 11) is 1.96. The molecule has 3 amide bonds. The molecule has 2 N–H and O–H groups in total. The van der Waals surface area contributed by atoms with Gasteiger partial charge in [-0.05, 0) is 37.5 Å². The van der Waals surface area contributed by atoms with Gasteiger partial charge in [-0.1, -0.05) is 54.1 Å². The van der Waals surface area contributed by atoms with Crippen molar-refractivity contribution in [2.24, 2.45) is 0 Å². The van der Waals surface area contributed by atoms with Crippen LogP contribution in [0.4, 0.5) is 4.79 Å². The van der Waals surface area contributed by atoms with Crippen molar-refractivity contribution in [1.82, 2.24) is 10.2 Å².